The summed E-state index contributed by atoms with van der Waals surface area (Å²) in [6, 6.07) is 0. The van der Waals surface area contributed by atoms with Crippen LogP contribution in [0.3, 0.4) is 0 Å². The van der Waals surface area contributed by atoms with Gasteiger partial charge in [-0.1, -0.05) is 6.92 Å². The molecule has 1 aliphatic heterocycles. The SMILES string of the molecule is CCC1(CNCc2scnc2C)CCCNC1. The molecule has 1 saturated heterocycles. The Labute approximate surface area is 108 Å². The minimum atomic E-state index is 0.469. The Morgan fingerprint density at radius 1 is 1.59 bits per heavy atom. The maximum absolute atomic E-state index is 4.29. The van der Waals surface area contributed by atoms with Crippen LogP contribution < -0.4 is 10.6 Å². The summed E-state index contributed by atoms with van der Waals surface area (Å²) in [6.07, 6.45) is 3.93. The molecule has 4 heteroatoms. The van der Waals surface area contributed by atoms with Crippen LogP contribution in [-0.4, -0.2) is 24.6 Å². The smallest absolute Gasteiger partial charge is 0.0798 e. The van der Waals surface area contributed by atoms with E-state index in [1.54, 1.807) is 11.3 Å². The average Bonchev–Trinajstić information content (AvgIpc) is 2.76. The lowest BCUT2D eigenvalue weighted by atomic mass is 9.78. The topological polar surface area (TPSA) is 37.0 Å². The molecule has 1 aromatic heterocycles. The summed E-state index contributed by atoms with van der Waals surface area (Å²) in [5, 5.41) is 7.15. The van der Waals surface area contributed by atoms with E-state index < -0.39 is 0 Å². The fourth-order valence-electron chi connectivity index (χ4n) is 2.55. The van der Waals surface area contributed by atoms with Gasteiger partial charge in [0.15, 0.2) is 0 Å². The van der Waals surface area contributed by atoms with E-state index in [1.807, 2.05) is 5.51 Å². The first kappa shape index (κ1) is 13.0. The van der Waals surface area contributed by atoms with Crippen molar-refractivity contribution in [2.75, 3.05) is 19.6 Å². The average molecular weight is 253 g/mol. The number of piperidine rings is 1. The molecule has 0 aliphatic carbocycles. The number of hydrogen-bond donors (Lipinski definition) is 2. The monoisotopic (exact) mass is 253 g/mol. The van der Waals surface area contributed by atoms with Gasteiger partial charge in [-0.05, 0) is 38.1 Å². The van der Waals surface area contributed by atoms with E-state index in [9.17, 15) is 0 Å². The normalized spacial score (nSPS) is 25.1. The fraction of sp³-hybridized carbons (Fsp3) is 0.769. The second-order valence-corrected chi connectivity index (χ2v) is 6.04. The van der Waals surface area contributed by atoms with E-state index in [2.05, 4.69) is 29.5 Å². The molecule has 0 aromatic carbocycles. The summed E-state index contributed by atoms with van der Waals surface area (Å²) >= 11 is 1.75. The first-order chi connectivity index (χ1) is 8.26. The van der Waals surface area contributed by atoms with Gasteiger partial charge in [0.25, 0.3) is 0 Å². The van der Waals surface area contributed by atoms with Crippen LogP contribution in [0.5, 0.6) is 0 Å². The van der Waals surface area contributed by atoms with E-state index in [0.29, 0.717) is 5.41 Å². The van der Waals surface area contributed by atoms with Crippen molar-refractivity contribution in [2.24, 2.45) is 5.41 Å². The van der Waals surface area contributed by atoms with E-state index in [1.165, 1.54) is 36.4 Å². The third kappa shape index (κ3) is 3.27. The van der Waals surface area contributed by atoms with Crippen molar-refractivity contribution in [3.05, 3.63) is 16.1 Å². The van der Waals surface area contributed by atoms with Crippen molar-refractivity contribution in [3.8, 4) is 0 Å². The maximum atomic E-state index is 4.29. The number of thiazole rings is 1. The molecule has 1 aliphatic rings. The van der Waals surface area contributed by atoms with Crippen LogP contribution in [0.1, 0.15) is 36.8 Å². The lowest BCUT2D eigenvalue weighted by molar-refractivity contribution is 0.192. The molecule has 17 heavy (non-hydrogen) atoms. The minimum Gasteiger partial charge on any atom is -0.316 e. The molecule has 0 spiro atoms. The van der Waals surface area contributed by atoms with E-state index in [-0.39, 0.29) is 0 Å². The highest BCUT2D eigenvalue weighted by Gasteiger charge is 2.29. The number of aryl methyl sites for hydroxylation is 1. The zero-order valence-electron chi connectivity index (χ0n) is 10.9. The second kappa shape index (κ2) is 5.94. The molecule has 96 valence electrons. The Balaban J connectivity index is 1.82. The molecule has 0 bridgehead atoms. The lowest BCUT2D eigenvalue weighted by Gasteiger charge is -2.37. The van der Waals surface area contributed by atoms with Crippen molar-refractivity contribution in [1.82, 2.24) is 15.6 Å². The first-order valence-electron chi connectivity index (χ1n) is 6.56. The highest BCUT2D eigenvalue weighted by molar-refractivity contribution is 7.09. The van der Waals surface area contributed by atoms with Crippen molar-refractivity contribution in [3.63, 3.8) is 0 Å². The molecule has 0 radical (unpaired) electrons. The lowest BCUT2D eigenvalue weighted by Crippen LogP contribution is -2.45. The summed E-state index contributed by atoms with van der Waals surface area (Å²) in [5.74, 6) is 0. The van der Waals surface area contributed by atoms with Gasteiger partial charge in [0.1, 0.15) is 0 Å². The first-order valence-corrected chi connectivity index (χ1v) is 7.44. The van der Waals surface area contributed by atoms with Crippen molar-refractivity contribution in [2.45, 2.75) is 39.7 Å². The molecule has 1 aromatic rings. The van der Waals surface area contributed by atoms with Crippen LogP contribution >= 0.6 is 11.3 Å². The largest absolute Gasteiger partial charge is 0.316 e. The highest BCUT2D eigenvalue weighted by Crippen LogP contribution is 2.29. The molecular weight excluding hydrogens is 230 g/mol. The van der Waals surface area contributed by atoms with Crippen LogP contribution in [0, 0.1) is 12.3 Å². The number of aromatic nitrogens is 1. The van der Waals surface area contributed by atoms with E-state index >= 15 is 0 Å². The highest BCUT2D eigenvalue weighted by atomic mass is 32.1. The summed E-state index contributed by atoms with van der Waals surface area (Å²) < 4.78 is 0. The molecule has 1 fully saturated rings. The third-order valence-electron chi connectivity index (χ3n) is 3.94. The Bertz CT molecular complexity index is 342. The van der Waals surface area contributed by atoms with Gasteiger partial charge in [-0.2, -0.15) is 0 Å². The zero-order chi connectivity index (χ0) is 12.1. The summed E-state index contributed by atoms with van der Waals surface area (Å²) in [4.78, 5) is 5.66. The van der Waals surface area contributed by atoms with Gasteiger partial charge in [-0.25, -0.2) is 4.98 Å². The summed E-state index contributed by atoms with van der Waals surface area (Å²) in [5.41, 5.74) is 3.58. The van der Waals surface area contributed by atoms with Gasteiger partial charge in [0, 0.05) is 24.5 Å². The van der Waals surface area contributed by atoms with Gasteiger partial charge < -0.3 is 10.6 Å². The molecular formula is C13H23N3S. The summed E-state index contributed by atoms with van der Waals surface area (Å²) in [7, 11) is 0. The van der Waals surface area contributed by atoms with Gasteiger partial charge in [0.2, 0.25) is 0 Å². The minimum absolute atomic E-state index is 0.469. The number of nitrogens with zero attached hydrogens (tertiary/aromatic N) is 1. The van der Waals surface area contributed by atoms with Crippen LogP contribution in [0.4, 0.5) is 0 Å². The van der Waals surface area contributed by atoms with Gasteiger partial charge in [-0.15, -0.1) is 11.3 Å². The van der Waals surface area contributed by atoms with Crippen molar-refractivity contribution < 1.29 is 0 Å². The van der Waals surface area contributed by atoms with Crippen LogP contribution in [0.25, 0.3) is 0 Å². The fourth-order valence-corrected chi connectivity index (χ4v) is 3.29. The van der Waals surface area contributed by atoms with E-state index in [0.717, 1.165) is 19.6 Å². The Morgan fingerprint density at radius 2 is 2.47 bits per heavy atom. The Kier molecular flexibility index (Phi) is 4.54. The predicted molar refractivity (Wildman–Crippen MR) is 73.4 cm³/mol. The molecule has 3 nitrogen and oxygen atoms in total. The standard InChI is InChI=1S/C13H23N3S/c1-3-13(5-4-6-14-8-13)9-15-7-12-11(2)16-10-17-12/h10,14-15H,3-9H2,1-2H3. The van der Waals surface area contributed by atoms with Gasteiger partial charge >= 0.3 is 0 Å². The molecule has 2 rings (SSSR count). The molecule has 0 saturated carbocycles. The quantitative estimate of drug-likeness (QED) is 0.845. The Hall–Kier alpha value is -0.450. The van der Waals surface area contributed by atoms with E-state index in [4.69, 9.17) is 0 Å². The van der Waals surface area contributed by atoms with Crippen LogP contribution in [0.15, 0.2) is 5.51 Å². The predicted octanol–water partition coefficient (Wildman–Crippen LogP) is 2.32. The third-order valence-corrected chi connectivity index (χ3v) is 4.88. The van der Waals surface area contributed by atoms with Crippen LogP contribution in [0.2, 0.25) is 0 Å². The zero-order valence-corrected chi connectivity index (χ0v) is 11.7. The number of nitrogens with one attached hydrogen (secondary N) is 2. The molecule has 2 heterocycles. The van der Waals surface area contributed by atoms with Gasteiger partial charge in [-0.3, -0.25) is 0 Å². The molecule has 0 amide bonds. The van der Waals surface area contributed by atoms with Gasteiger partial charge in [0.05, 0.1) is 11.2 Å². The second-order valence-electron chi connectivity index (χ2n) is 5.10. The number of rotatable bonds is 5. The summed E-state index contributed by atoms with van der Waals surface area (Å²) in [6.45, 7) is 8.85. The van der Waals surface area contributed by atoms with Crippen molar-refractivity contribution in [1.29, 1.82) is 0 Å². The molecule has 1 atom stereocenters. The molecule has 1 unspecified atom stereocenters. The maximum Gasteiger partial charge on any atom is 0.0798 e. The number of hydrogen-bond acceptors (Lipinski definition) is 4. The molecule has 2 N–H and O–H groups in total. The van der Waals surface area contributed by atoms with Crippen molar-refractivity contribution >= 4 is 11.3 Å². The Morgan fingerprint density at radius 3 is 3.06 bits per heavy atom. The van der Waals surface area contributed by atoms with Crippen LogP contribution in [-0.2, 0) is 6.54 Å².